The number of aromatic nitrogens is 4. The van der Waals surface area contributed by atoms with Crippen molar-refractivity contribution in [3.63, 3.8) is 0 Å². The summed E-state index contributed by atoms with van der Waals surface area (Å²) in [5.41, 5.74) is 7.96. The molecule has 3 N–H and O–H groups in total. The van der Waals surface area contributed by atoms with Crippen LogP contribution in [0.3, 0.4) is 0 Å². The van der Waals surface area contributed by atoms with Gasteiger partial charge in [0.2, 0.25) is 0 Å². The summed E-state index contributed by atoms with van der Waals surface area (Å²) in [7, 11) is 0. The maximum absolute atomic E-state index is 5.71. The van der Waals surface area contributed by atoms with Gasteiger partial charge in [0.15, 0.2) is 11.5 Å². The van der Waals surface area contributed by atoms with Crippen LogP contribution in [0, 0.1) is 0 Å². The molecular formula is C10H9N5. The van der Waals surface area contributed by atoms with E-state index in [0.29, 0.717) is 17.2 Å². The van der Waals surface area contributed by atoms with E-state index < -0.39 is 0 Å². The molecule has 3 aromatic rings. The highest BCUT2D eigenvalue weighted by atomic mass is 15.5. The van der Waals surface area contributed by atoms with Gasteiger partial charge in [-0.3, -0.25) is 5.10 Å². The van der Waals surface area contributed by atoms with Gasteiger partial charge in [-0.2, -0.15) is 4.63 Å². The Bertz CT molecular complexity index is 593. The monoisotopic (exact) mass is 199 g/mol. The number of hydrogen-bond donors (Lipinski definition) is 2. The molecule has 3 rings (SSSR count). The minimum Gasteiger partial charge on any atom is -0.394 e. The van der Waals surface area contributed by atoms with Crippen LogP contribution in [0.1, 0.15) is 0 Å². The Morgan fingerprint density at radius 2 is 2.00 bits per heavy atom. The molecule has 1 aromatic carbocycles. The number of nitrogens with one attached hydrogen (secondary N) is 1. The Kier molecular flexibility index (Phi) is 1.53. The third-order valence-electron chi connectivity index (χ3n) is 2.24. The van der Waals surface area contributed by atoms with Crippen LogP contribution >= 0.6 is 0 Å². The van der Waals surface area contributed by atoms with E-state index in [1.165, 1.54) is 0 Å². The Morgan fingerprint density at radius 3 is 2.73 bits per heavy atom. The first kappa shape index (κ1) is 8.05. The number of fused-ring (bicyclic) bond motifs is 1. The van der Waals surface area contributed by atoms with Crippen molar-refractivity contribution >= 4 is 11.3 Å². The van der Waals surface area contributed by atoms with Crippen molar-refractivity contribution in [1.29, 1.82) is 0 Å². The molecule has 0 saturated heterocycles. The highest BCUT2D eigenvalue weighted by molar-refractivity contribution is 5.67. The molecule has 0 spiro atoms. The third kappa shape index (κ3) is 1.17. The number of nitrogen functional groups attached to an aromatic ring is 1. The lowest BCUT2D eigenvalue weighted by molar-refractivity contribution is 0.825. The van der Waals surface area contributed by atoms with Gasteiger partial charge in [0.25, 0.3) is 0 Å². The topological polar surface area (TPSA) is 72.0 Å². The second-order valence-electron chi connectivity index (χ2n) is 3.27. The Labute approximate surface area is 85.5 Å². The van der Waals surface area contributed by atoms with Crippen molar-refractivity contribution < 1.29 is 0 Å². The van der Waals surface area contributed by atoms with E-state index in [1.54, 1.807) is 10.8 Å². The van der Waals surface area contributed by atoms with Crippen molar-refractivity contribution in [2.45, 2.75) is 0 Å². The van der Waals surface area contributed by atoms with Crippen molar-refractivity contribution in [2.24, 2.45) is 0 Å². The minimum atomic E-state index is 0.602. The van der Waals surface area contributed by atoms with Gasteiger partial charge in [-0.25, -0.2) is 4.98 Å². The number of nitrogens with two attached hydrogens (primary N) is 1. The summed E-state index contributed by atoms with van der Waals surface area (Å²) in [6, 6.07) is 9.79. The molecule has 0 unspecified atom stereocenters. The third-order valence-corrected chi connectivity index (χ3v) is 2.24. The molecule has 2 heterocycles. The van der Waals surface area contributed by atoms with Gasteiger partial charge < -0.3 is 5.73 Å². The maximum atomic E-state index is 5.71. The summed E-state index contributed by atoms with van der Waals surface area (Å²) in [6.07, 6.45) is 1.67. The molecule has 5 heteroatoms. The molecule has 0 fully saturated rings. The Morgan fingerprint density at radius 1 is 1.20 bits per heavy atom. The molecule has 15 heavy (non-hydrogen) atoms. The van der Waals surface area contributed by atoms with Gasteiger partial charge in [0.1, 0.15) is 0 Å². The number of benzene rings is 1. The van der Waals surface area contributed by atoms with Crippen LogP contribution in [0.4, 0.5) is 5.69 Å². The summed E-state index contributed by atoms with van der Waals surface area (Å²) in [5.74, 6) is 0.675. The Hall–Kier alpha value is -2.30. The summed E-state index contributed by atoms with van der Waals surface area (Å²) in [4.78, 5) is 4.34. The van der Waals surface area contributed by atoms with E-state index in [4.69, 9.17) is 5.73 Å². The van der Waals surface area contributed by atoms with E-state index >= 15 is 0 Å². The predicted octanol–water partition coefficient (Wildman–Crippen LogP) is 1.31. The van der Waals surface area contributed by atoms with Crippen LogP contribution < -0.4 is 5.73 Å². The standard InChI is InChI=1S/C10H9N5/c11-8-6-12-15-10(8)13-9(14-15)7-4-2-1-3-5-7/h1-6,12H,11H2. The average Bonchev–Trinajstić information content (AvgIpc) is 2.83. The predicted molar refractivity (Wildman–Crippen MR) is 57.2 cm³/mol. The lowest BCUT2D eigenvalue weighted by Gasteiger charge is -1.91. The summed E-state index contributed by atoms with van der Waals surface area (Å²) < 4.78 is 1.57. The summed E-state index contributed by atoms with van der Waals surface area (Å²) in [6.45, 7) is 0. The normalized spacial score (nSPS) is 10.9. The largest absolute Gasteiger partial charge is 0.394 e. The van der Waals surface area contributed by atoms with Gasteiger partial charge in [-0.1, -0.05) is 30.3 Å². The minimum absolute atomic E-state index is 0.602. The lowest BCUT2D eigenvalue weighted by atomic mass is 10.2. The number of nitrogens with zero attached hydrogens (tertiary/aromatic N) is 3. The number of aromatic amines is 1. The maximum Gasteiger partial charge on any atom is 0.198 e. The fourth-order valence-corrected chi connectivity index (χ4v) is 1.49. The van der Waals surface area contributed by atoms with E-state index in [0.717, 1.165) is 5.56 Å². The zero-order chi connectivity index (χ0) is 10.3. The molecule has 0 aliphatic heterocycles. The first-order valence-corrected chi connectivity index (χ1v) is 4.59. The lowest BCUT2D eigenvalue weighted by Crippen LogP contribution is -1.86. The van der Waals surface area contributed by atoms with E-state index in [1.807, 2.05) is 30.3 Å². The van der Waals surface area contributed by atoms with Crippen LogP contribution in [-0.2, 0) is 0 Å². The zero-order valence-electron chi connectivity index (χ0n) is 7.88. The molecule has 5 nitrogen and oxygen atoms in total. The second-order valence-corrected chi connectivity index (χ2v) is 3.27. The molecule has 0 aliphatic carbocycles. The van der Waals surface area contributed by atoms with Crippen LogP contribution in [0.2, 0.25) is 0 Å². The number of rotatable bonds is 1. The van der Waals surface area contributed by atoms with Crippen LogP contribution in [-0.4, -0.2) is 19.8 Å². The molecule has 0 aliphatic rings. The van der Waals surface area contributed by atoms with E-state index in [2.05, 4.69) is 15.2 Å². The van der Waals surface area contributed by atoms with Gasteiger partial charge >= 0.3 is 0 Å². The smallest absolute Gasteiger partial charge is 0.198 e. The van der Waals surface area contributed by atoms with Gasteiger partial charge in [-0.05, 0) is 0 Å². The van der Waals surface area contributed by atoms with Crippen molar-refractivity contribution in [3.05, 3.63) is 36.5 Å². The Balaban J connectivity index is 2.20. The fraction of sp³-hybridized carbons (Fsp3) is 0. The van der Waals surface area contributed by atoms with Crippen molar-refractivity contribution in [3.8, 4) is 11.4 Å². The van der Waals surface area contributed by atoms with Gasteiger partial charge in [0.05, 0.1) is 5.69 Å². The summed E-state index contributed by atoms with van der Waals surface area (Å²) in [5, 5.41) is 7.17. The molecule has 0 amide bonds. The molecule has 0 bridgehead atoms. The average molecular weight is 199 g/mol. The van der Waals surface area contributed by atoms with Crippen LogP contribution in [0.5, 0.6) is 0 Å². The van der Waals surface area contributed by atoms with Crippen molar-refractivity contribution in [2.75, 3.05) is 5.73 Å². The second kappa shape index (κ2) is 2.84. The summed E-state index contributed by atoms with van der Waals surface area (Å²) >= 11 is 0. The van der Waals surface area contributed by atoms with Crippen molar-refractivity contribution in [1.82, 2.24) is 19.8 Å². The molecule has 0 atom stereocenters. The molecule has 0 radical (unpaired) electrons. The van der Waals surface area contributed by atoms with E-state index in [-0.39, 0.29) is 0 Å². The number of hydrogen-bond acceptors (Lipinski definition) is 3. The number of H-pyrrole nitrogens is 1. The SMILES string of the molecule is Nc1c[nH]n2nc(-c3ccccc3)nc12. The molecule has 2 aromatic heterocycles. The highest BCUT2D eigenvalue weighted by Gasteiger charge is 2.08. The quantitative estimate of drug-likeness (QED) is 0.620. The highest BCUT2D eigenvalue weighted by Crippen LogP contribution is 2.17. The van der Waals surface area contributed by atoms with Crippen LogP contribution in [0.15, 0.2) is 36.5 Å². The molecular weight excluding hydrogens is 190 g/mol. The fourth-order valence-electron chi connectivity index (χ4n) is 1.49. The van der Waals surface area contributed by atoms with Gasteiger partial charge in [-0.15, -0.1) is 5.10 Å². The zero-order valence-corrected chi connectivity index (χ0v) is 7.88. The van der Waals surface area contributed by atoms with Gasteiger partial charge in [0, 0.05) is 11.8 Å². The first-order chi connectivity index (χ1) is 7.34. The molecule has 0 saturated carbocycles. The first-order valence-electron chi connectivity index (χ1n) is 4.59. The molecule has 74 valence electrons. The van der Waals surface area contributed by atoms with E-state index in [9.17, 15) is 0 Å². The van der Waals surface area contributed by atoms with Crippen LogP contribution in [0.25, 0.3) is 17.0 Å². The number of anilines is 1.